The maximum Gasteiger partial charge on any atom is 0.179 e. The van der Waals surface area contributed by atoms with Crippen LogP contribution in [0.2, 0.25) is 0 Å². The van der Waals surface area contributed by atoms with Crippen molar-refractivity contribution in [3.63, 3.8) is 0 Å². The molecule has 0 fully saturated rings. The summed E-state index contributed by atoms with van der Waals surface area (Å²) in [5, 5.41) is 0. The number of ether oxygens (including phenoxy) is 3. The van der Waals surface area contributed by atoms with Crippen LogP contribution in [0, 0.1) is 0 Å². The first-order chi connectivity index (χ1) is 19.6. The molecule has 2 unspecified atom stereocenters. The zero-order chi connectivity index (χ0) is 27.9. The van der Waals surface area contributed by atoms with Crippen molar-refractivity contribution in [2.24, 2.45) is 0 Å². The summed E-state index contributed by atoms with van der Waals surface area (Å²) >= 11 is 0. The number of hydrogen-bond acceptors (Lipinski definition) is 5. The van der Waals surface area contributed by atoms with E-state index >= 15 is 0 Å². The molecule has 0 spiro atoms. The van der Waals surface area contributed by atoms with Gasteiger partial charge in [0.15, 0.2) is 17.3 Å². The number of benzene rings is 4. The minimum atomic E-state index is -0.289. The molecule has 0 saturated carbocycles. The summed E-state index contributed by atoms with van der Waals surface area (Å²) in [5.74, 6) is 2.46. The van der Waals surface area contributed by atoms with Crippen molar-refractivity contribution in [2.75, 3.05) is 14.2 Å². The molecule has 0 aliphatic heterocycles. The number of carbonyl (C=O) groups excluding carboxylic acids is 1. The smallest absolute Gasteiger partial charge is 0.179 e. The predicted octanol–water partition coefficient (Wildman–Crippen LogP) is 6.91. The molecule has 1 aliphatic carbocycles. The standard InChI is InChI=1S/C35H37NO4/c1-25(34(37)28-14-18-31(19-15-28)40-24-27-12-8-5-9-13-27)36(23-26-10-6-4-7-11-26)30-17-20-32-29(22-30)16-21-33(38-2)35(32)39-3/h4-16,18-19,21,25,30H,17,20,22-24H2,1-3H3. The van der Waals surface area contributed by atoms with Crippen molar-refractivity contribution in [3.05, 3.63) is 125 Å². The second-order valence-electron chi connectivity index (χ2n) is 10.3. The van der Waals surface area contributed by atoms with Gasteiger partial charge in [0.2, 0.25) is 0 Å². The summed E-state index contributed by atoms with van der Waals surface area (Å²) in [6.07, 6.45) is 2.67. The minimum absolute atomic E-state index is 0.114. The summed E-state index contributed by atoms with van der Waals surface area (Å²) in [4.78, 5) is 16.2. The lowest BCUT2D eigenvalue weighted by molar-refractivity contribution is 0.0713. The third-order valence-electron chi connectivity index (χ3n) is 7.87. The molecule has 0 radical (unpaired) electrons. The molecule has 4 aromatic carbocycles. The third kappa shape index (κ3) is 6.21. The van der Waals surface area contributed by atoms with Crippen LogP contribution in [0.3, 0.4) is 0 Å². The summed E-state index contributed by atoms with van der Waals surface area (Å²) in [7, 11) is 3.37. The largest absolute Gasteiger partial charge is 0.493 e. The lowest BCUT2D eigenvalue weighted by Crippen LogP contribution is -2.47. The first-order valence-corrected chi connectivity index (χ1v) is 13.9. The topological polar surface area (TPSA) is 48.0 Å². The summed E-state index contributed by atoms with van der Waals surface area (Å²) in [6.45, 7) is 3.24. The monoisotopic (exact) mass is 535 g/mol. The van der Waals surface area contributed by atoms with E-state index in [1.54, 1.807) is 14.2 Å². The second-order valence-corrected chi connectivity index (χ2v) is 10.3. The molecule has 1 aliphatic rings. The van der Waals surface area contributed by atoms with Gasteiger partial charge in [-0.25, -0.2) is 0 Å². The van der Waals surface area contributed by atoms with E-state index in [1.807, 2.05) is 73.7 Å². The number of Topliss-reactive ketones (excluding diaryl/α,β-unsaturated/α-hetero) is 1. The van der Waals surface area contributed by atoms with Crippen molar-refractivity contribution in [1.29, 1.82) is 0 Å². The molecule has 0 N–H and O–H groups in total. The van der Waals surface area contributed by atoms with Gasteiger partial charge in [-0.2, -0.15) is 0 Å². The molecule has 0 amide bonds. The van der Waals surface area contributed by atoms with E-state index in [2.05, 4.69) is 35.2 Å². The van der Waals surface area contributed by atoms with Gasteiger partial charge in [0.1, 0.15) is 12.4 Å². The SMILES string of the molecule is COc1ccc2c(c1OC)CCC(N(Cc1ccccc1)C(C)C(=O)c1ccc(OCc3ccccc3)cc1)C2. The normalized spacial score (nSPS) is 15.2. The Balaban J connectivity index is 1.34. The molecule has 40 heavy (non-hydrogen) atoms. The fraction of sp³-hybridized carbons (Fsp3) is 0.286. The number of nitrogens with zero attached hydrogens (tertiary/aromatic N) is 1. The van der Waals surface area contributed by atoms with Crippen LogP contribution in [0.4, 0.5) is 0 Å². The van der Waals surface area contributed by atoms with Gasteiger partial charge in [0.25, 0.3) is 0 Å². The zero-order valence-electron chi connectivity index (χ0n) is 23.5. The van der Waals surface area contributed by atoms with E-state index in [1.165, 1.54) is 16.7 Å². The van der Waals surface area contributed by atoms with E-state index in [0.29, 0.717) is 18.7 Å². The molecule has 4 aromatic rings. The number of methoxy groups -OCH3 is 2. The molecule has 0 saturated heterocycles. The van der Waals surface area contributed by atoms with E-state index in [4.69, 9.17) is 14.2 Å². The molecule has 0 bridgehead atoms. The maximum absolute atomic E-state index is 13.8. The highest BCUT2D eigenvalue weighted by Crippen LogP contribution is 2.39. The molecule has 206 valence electrons. The molecular formula is C35H37NO4. The Labute approximate surface area is 237 Å². The van der Waals surface area contributed by atoms with Crippen LogP contribution in [0.25, 0.3) is 0 Å². The first kappa shape index (κ1) is 27.5. The molecule has 5 rings (SSSR count). The van der Waals surface area contributed by atoms with Crippen LogP contribution in [-0.2, 0) is 26.0 Å². The van der Waals surface area contributed by atoms with E-state index in [0.717, 1.165) is 42.1 Å². The Morgan fingerprint density at radius 3 is 2.17 bits per heavy atom. The van der Waals surface area contributed by atoms with Crippen LogP contribution in [-0.4, -0.2) is 37.0 Å². The van der Waals surface area contributed by atoms with Gasteiger partial charge in [0, 0.05) is 23.7 Å². The highest BCUT2D eigenvalue weighted by molar-refractivity contribution is 6.00. The quantitative estimate of drug-likeness (QED) is 0.195. The van der Waals surface area contributed by atoms with Crippen LogP contribution in [0.1, 0.15) is 46.0 Å². The Kier molecular flexibility index (Phi) is 8.82. The summed E-state index contributed by atoms with van der Waals surface area (Å²) < 4.78 is 17.2. The fourth-order valence-electron chi connectivity index (χ4n) is 5.67. The van der Waals surface area contributed by atoms with Crippen molar-refractivity contribution in [2.45, 2.75) is 51.4 Å². The molecule has 5 heteroatoms. The summed E-state index contributed by atoms with van der Waals surface area (Å²) in [6, 6.07) is 32.1. The Morgan fingerprint density at radius 2 is 1.52 bits per heavy atom. The van der Waals surface area contributed by atoms with Gasteiger partial charge in [-0.05, 0) is 73.2 Å². The van der Waals surface area contributed by atoms with E-state index < -0.39 is 0 Å². The maximum atomic E-state index is 13.8. The Morgan fingerprint density at radius 1 is 0.850 bits per heavy atom. The van der Waals surface area contributed by atoms with Crippen LogP contribution in [0.15, 0.2) is 97.1 Å². The highest BCUT2D eigenvalue weighted by Gasteiger charge is 2.33. The highest BCUT2D eigenvalue weighted by atomic mass is 16.5. The predicted molar refractivity (Wildman–Crippen MR) is 158 cm³/mol. The zero-order valence-corrected chi connectivity index (χ0v) is 23.5. The third-order valence-corrected chi connectivity index (χ3v) is 7.87. The summed E-state index contributed by atoms with van der Waals surface area (Å²) in [5.41, 5.74) is 5.47. The average molecular weight is 536 g/mol. The molecule has 0 heterocycles. The molecule has 0 aromatic heterocycles. The number of carbonyl (C=O) groups is 1. The van der Waals surface area contributed by atoms with Crippen molar-refractivity contribution >= 4 is 5.78 Å². The molecule has 2 atom stereocenters. The number of fused-ring (bicyclic) bond motifs is 1. The van der Waals surface area contributed by atoms with Crippen molar-refractivity contribution < 1.29 is 19.0 Å². The Bertz CT molecular complexity index is 1400. The number of hydrogen-bond donors (Lipinski definition) is 0. The van der Waals surface area contributed by atoms with Gasteiger partial charge in [-0.3, -0.25) is 9.69 Å². The van der Waals surface area contributed by atoms with Gasteiger partial charge >= 0.3 is 0 Å². The van der Waals surface area contributed by atoms with Gasteiger partial charge < -0.3 is 14.2 Å². The van der Waals surface area contributed by atoms with E-state index in [-0.39, 0.29) is 17.9 Å². The average Bonchev–Trinajstić information content (AvgIpc) is 3.02. The van der Waals surface area contributed by atoms with Gasteiger partial charge in [0.05, 0.1) is 20.3 Å². The lowest BCUT2D eigenvalue weighted by Gasteiger charge is -2.39. The molecular weight excluding hydrogens is 498 g/mol. The van der Waals surface area contributed by atoms with Gasteiger partial charge in [-0.15, -0.1) is 0 Å². The Hall–Kier alpha value is -4.09. The molecule has 5 nitrogen and oxygen atoms in total. The lowest BCUT2D eigenvalue weighted by atomic mass is 9.85. The number of rotatable bonds is 11. The van der Waals surface area contributed by atoms with Crippen molar-refractivity contribution in [3.8, 4) is 17.2 Å². The first-order valence-electron chi connectivity index (χ1n) is 13.9. The number of ketones is 1. The van der Waals surface area contributed by atoms with Crippen LogP contribution < -0.4 is 14.2 Å². The second kappa shape index (κ2) is 12.8. The van der Waals surface area contributed by atoms with Crippen LogP contribution >= 0.6 is 0 Å². The minimum Gasteiger partial charge on any atom is -0.493 e. The van der Waals surface area contributed by atoms with E-state index in [9.17, 15) is 4.79 Å². The van der Waals surface area contributed by atoms with Crippen molar-refractivity contribution in [1.82, 2.24) is 4.90 Å². The van der Waals surface area contributed by atoms with Gasteiger partial charge in [-0.1, -0.05) is 66.7 Å². The van der Waals surface area contributed by atoms with Crippen LogP contribution in [0.5, 0.6) is 17.2 Å². The fourth-order valence-corrected chi connectivity index (χ4v) is 5.67.